The van der Waals surface area contributed by atoms with Crippen molar-refractivity contribution in [2.75, 3.05) is 13.2 Å². The fourth-order valence-corrected chi connectivity index (χ4v) is 2.11. The zero-order valence-corrected chi connectivity index (χ0v) is 7.27. The predicted molar refractivity (Wildman–Crippen MR) is 45.5 cm³/mol. The van der Waals surface area contributed by atoms with Gasteiger partial charge in [0.15, 0.2) is 5.78 Å². The predicted octanol–water partition coefficient (Wildman–Crippen LogP) is -0.225. The molecule has 2 saturated heterocycles. The summed E-state index contributed by atoms with van der Waals surface area (Å²) < 4.78 is 0. The number of hydrogen-bond acceptors (Lipinski definition) is 4. The van der Waals surface area contributed by atoms with E-state index in [2.05, 4.69) is 5.32 Å². The van der Waals surface area contributed by atoms with E-state index in [1.807, 2.05) is 4.90 Å². The Morgan fingerprint density at radius 1 is 1.75 bits per heavy atom. The van der Waals surface area contributed by atoms with Crippen LogP contribution in [0.4, 0.5) is 0 Å². The van der Waals surface area contributed by atoms with Gasteiger partial charge in [0, 0.05) is 25.7 Å². The summed E-state index contributed by atoms with van der Waals surface area (Å²) in [4.78, 5) is 13.3. The van der Waals surface area contributed by atoms with Gasteiger partial charge in [-0.2, -0.15) is 0 Å². The Bertz CT molecular complexity index is 243. The summed E-state index contributed by atoms with van der Waals surface area (Å²) >= 11 is 5.54. The first-order valence-electron chi connectivity index (χ1n) is 3.92. The standard InChI is InChI=1S/C7H10ClN3O/c8-7(9)6-5(12)1-4-2-11(6)3-10-4/h4,6,9-10H,1-3H2. The molecule has 2 aliphatic rings. The third-order valence-electron chi connectivity index (χ3n) is 2.40. The van der Waals surface area contributed by atoms with Crippen molar-refractivity contribution in [1.82, 2.24) is 10.2 Å². The molecule has 0 amide bonds. The highest BCUT2D eigenvalue weighted by Crippen LogP contribution is 2.20. The third-order valence-corrected chi connectivity index (χ3v) is 2.60. The summed E-state index contributed by atoms with van der Waals surface area (Å²) in [5.74, 6) is 0.0660. The van der Waals surface area contributed by atoms with Crippen LogP contribution in [0.2, 0.25) is 0 Å². The topological polar surface area (TPSA) is 56.2 Å². The van der Waals surface area contributed by atoms with Crippen molar-refractivity contribution < 1.29 is 4.79 Å². The van der Waals surface area contributed by atoms with Crippen LogP contribution in [0.25, 0.3) is 0 Å². The van der Waals surface area contributed by atoms with Gasteiger partial charge in [0.05, 0.1) is 0 Å². The van der Waals surface area contributed by atoms with Gasteiger partial charge < -0.3 is 0 Å². The molecule has 5 heteroatoms. The SMILES string of the molecule is N=C(Cl)C1C(=O)CC2CN1CN2. The van der Waals surface area contributed by atoms with E-state index >= 15 is 0 Å². The average Bonchev–Trinajstić information content (AvgIpc) is 2.31. The number of nitrogens with one attached hydrogen (secondary N) is 2. The van der Waals surface area contributed by atoms with Gasteiger partial charge in [-0.25, -0.2) is 0 Å². The molecule has 0 aromatic heterocycles. The Morgan fingerprint density at radius 3 is 3.17 bits per heavy atom. The van der Waals surface area contributed by atoms with E-state index in [0.717, 1.165) is 6.54 Å². The van der Waals surface area contributed by atoms with Crippen molar-refractivity contribution in [3.05, 3.63) is 0 Å². The lowest BCUT2D eigenvalue weighted by atomic mass is 10.0. The van der Waals surface area contributed by atoms with Crippen LogP contribution in [-0.2, 0) is 4.79 Å². The second-order valence-corrected chi connectivity index (χ2v) is 3.66. The van der Waals surface area contributed by atoms with E-state index in [1.165, 1.54) is 0 Å². The van der Waals surface area contributed by atoms with E-state index in [4.69, 9.17) is 17.0 Å². The Labute approximate surface area is 75.4 Å². The second kappa shape index (κ2) is 2.80. The Balaban J connectivity index is 2.21. The van der Waals surface area contributed by atoms with Crippen molar-refractivity contribution >= 4 is 22.6 Å². The first-order valence-corrected chi connectivity index (χ1v) is 4.30. The highest BCUT2D eigenvalue weighted by molar-refractivity contribution is 6.67. The Kier molecular flexibility index (Phi) is 1.90. The molecule has 2 N–H and O–H groups in total. The van der Waals surface area contributed by atoms with Gasteiger partial charge in [-0.1, -0.05) is 11.6 Å². The lowest BCUT2D eigenvalue weighted by molar-refractivity contribution is -0.123. The summed E-state index contributed by atoms with van der Waals surface area (Å²) in [6.07, 6.45) is 0.510. The summed E-state index contributed by atoms with van der Waals surface area (Å²) in [5, 5.41) is 10.4. The molecule has 66 valence electrons. The van der Waals surface area contributed by atoms with Crippen molar-refractivity contribution in [3.8, 4) is 0 Å². The van der Waals surface area contributed by atoms with Crippen LogP contribution < -0.4 is 5.32 Å². The van der Waals surface area contributed by atoms with Crippen LogP contribution in [-0.4, -0.2) is 41.2 Å². The maximum atomic E-state index is 11.4. The summed E-state index contributed by atoms with van der Waals surface area (Å²) in [5.41, 5.74) is 0. The first-order chi connectivity index (χ1) is 5.68. The maximum Gasteiger partial charge on any atom is 0.158 e. The Hall–Kier alpha value is -0.450. The number of piperidine rings is 1. The minimum Gasteiger partial charge on any atom is -0.300 e. The molecule has 0 aliphatic carbocycles. The number of ketones is 1. The molecule has 0 radical (unpaired) electrons. The number of halogens is 1. The van der Waals surface area contributed by atoms with E-state index < -0.39 is 6.04 Å². The van der Waals surface area contributed by atoms with E-state index in [-0.39, 0.29) is 17.0 Å². The lowest BCUT2D eigenvalue weighted by Crippen LogP contribution is -2.48. The largest absolute Gasteiger partial charge is 0.300 e. The highest BCUT2D eigenvalue weighted by Gasteiger charge is 2.40. The fraction of sp³-hybridized carbons (Fsp3) is 0.714. The van der Waals surface area contributed by atoms with Crippen LogP contribution in [0.1, 0.15) is 6.42 Å². The molecule has 2 rings (SSSR count). The summed E-state index contributed by atoms with van der Waals surface area (Å²) in [6, 6.07) is -0.192. The molecular weight excluding hydrogens is 178 g/mol. The molecule has 2 fully saturated rings. The first kappa shape index (κ1) is 8.16. The number of hydrogen-bond donors (Lipinski definition) is 2. The molecule has 0 aromatic rings. The number of fused-ring (bicyclic) bond motifs is 2. The molecular formula is C7H10ClN3O. The van der Waals surface area contributed by atoms with Crippen LogP contribution in [0.3, 0.4) is 0 Å². The van der Waals surface area contributed by atoms with Crippen LogP contribution in [0.15, 0.2) is 0 Å². The number of nitrogens with zero attached hydrogens (tertiary/aromatic N) is 1. The second-order valence-electron chi connectivity index (χ2n) is 3.25. The van der Waals surface area contributed by atoms with Gasteiger partial charge in [-0.15, -0.1) is 0 Å². The van der Waals surface area contributed by atoms with Crippen molar-refractivity contribution in [2.24, 2.45) is 0 Å². The number of carbonyl (C=O) groups excluding carboxylic acids is 1. The van der Waals surface area contributed by atoms with Crippen molar-refractivity contribution in [2.45, 2.75) is 18.5 Å². The molecule has 2 aliphatic heterocycles. The van der Waals surface area contributed by atoms with Gasteiger partial charge in [0.2, 0.25) is 0 Å². The van der Waals surface area contributed by atoms with Crippen molar-refractivity contribution in [3.63, 3.8) is 0 Å². The molecule has 3 atom stereocenters. The summed E-state index contributed by atoms with van der Waals surface area (Å²) in [6.45, 7) is 1.52. The van der Waals surface area contributed by atoms with Gasteiger partial charge in [0.25, 0.3) is 0 Å². The maximum absolute atomic E-state index is 11.4. The normalized spacial score (nSPS) is 40.1. The lowest BCUT2D eigenvalue weighted by Gasteiger charge is -2.27. The van der Waals surface area contributed by atoms with Gasteiger partial charge >= 0.3 is 0 Å². The van der Waals surface area contributed by atoms with E-state index in [9.17, 15) is 4.79 Å². The summed E-state index contributed by atoms with van der Waals surface area (Å²) in [7, 11) is 0. The minimum atomic E-state index is -0.474. The van der Waals surface area contributed by atoms with Gasteiger partial charge in [0.1, 0.15) is 11.2 Å². The zero-order valence-electron chi connectivity index (χ0n) is 6.51. The number of carbonyl (C=O) groups is 1. The van der Waals surface area contributed by atoms with Crippen molar-refractivity contribution in [1.29, 1.82) is 5.41 Å². The van der Waals surface area contributed by atoms with Gasteiger partial charge in [-0.05, 0) is 0 Å². The van der Waals surface area contributed by atoms with E-state index in [1.54, 1.807) is 0 Å². The van der Waals surface area contributed by atoms with Crippen LogP contribution in [0.5, 0.6) is 0 Å². The van der Waals surface area contributed by atoms with Crippen LogP contribution >= 0.6 is 11.6 Å². The molecule has 0 spiro atoms. The molecule has 12 heavy (non-hydrogen) atoms. The average molecular weight is 188 g/mol. The third kappa shape index (κ3) is 1.16. The molecule has 0 saturated carbocycles. The molecule has 2 heterocycles. The van der Waals surface area contributed by atoms with Crippen LogP contribution in [0, 0.1) is 5.41 Å². The molecule has 4 nitrogen and oxygen atoms in total. The molecule has 3 unspecified atom stereocenters. The molecule has 0 aromatic carbocycles. The number of Topliss-reactive ketones (excluding diaryl/α,β-unsaturated/α-hetero) is 1. The monoisotopic (exact) mass is 187 g/mol. The van der Waals surface area contributed by atoms with Gasteiger partial charge in [-0.3, -0.25) is 20.4 Å². The Morgan fingerprint density at radius 2 is 2.50 bits per heavy atom. The quantitative estimate of drug-likeness (QED) is 0.558. The minimum absolute atomic E-state index is 0.0536. The zero-order chi connectivity index (χ0) is 8.72. The number of rotatable bonds is 1. The smallest absolute Gasteiger partial charge is 0.158 e. The molecule has 2 bridgehead atoms. The van der Waals surface area contributed by atoms with E-state index in [0.29, 0.717) is 13.1 Å². The fourth-order valence-electron chi connectivity index (χ4n) is 1.85. The highest BCUT2D eigenvalue weighted by atomic mass is 35.5.